The molecule has 0 amide bonds. The smallest absolute Gasteiger partial charge is 0.00682 e. The molecule has 1 N–H and O–H groups in total. The number of hydrogen-bond acceptors (Lipinski definition) is 2. The van der Waals surface area contributed by atoms with Gasteiger partial charge in [-0.25, -0.2) is 0 Å². The van der Waals surface area contributed by atoms with Gasteiger partial charge in [-0.1, -0.05) is 6.92 Å². The lowest BCUT2D eigenvalue weighted by Gasteiger charge is -2.01. The Morgan fingerprint density at radius 2 is 2.08 bits per heavy atom. The zero-order chi connectivity index (χ0) is 8.65. The zero-order valence-electron chi connectivity index (χ0n) is 8.14. The largest absolute Gasteiger partial charge is 0.314 e. The standard InChI is InChI=1S/C10H21NS/c1-2-8-12-9-4-3-7-11-10-5-6-10/h10-11H,2-9H2,1H3. The lowest BCUT2D eigenvalue weighted by Crippen LogP contribution is -2.17. The highest BCUT2D eigenvalue weighted by molar-refractivity contribution is 7.99. The molecular weight excluding hydrogens is 166 g/mol. The summed E-state index contributed by atoms with van der Waals surface area (Å²) in [5.41, 5.74) is 0. The molecule has 1 nitrogen and oxygen atoms in total. The van der Waals surface area contributed by atoms with Crippen molar-refractivity contribution in [3.8, 4) is 0 Å². The van der Waals surface area contributed by atoms with Gasteiger partial charge in [-0.15, -0.1) is 0 Å². The number of unbranched alkanes of at least 4 members (excludes halogenated alkanes) is 1. The third-order valence-corrected chi connectivity index (χ3v) is 3.35. The molecule has 0 spiro atoms. The van der Waals surface area contributed by atoms with E-state index in [1.54, 1.807) is 0 Å². The van der Waals surface area contributed by atoms with Gasteiger partial charge in [-0.2, -0.15) is 11.8 Å². The molecule has 0 radical (unpaired) electrons. The highest BCUT2D eigenvalue weighted by atomic mass is 32.2. The molecule has 0 bridgehead atoms. The third-order valence-electron chi connectivity index (χ3n) is 2.07. The number of rotatable bonds is 8. The molecule has 12 heavy (non-hydrogen) atoms. The molecular formula is C10H21NS. The van der Waals surface area contributed by atoms with Gasteiger partial charge in [0.05, 0.1) is 0 Å². The van der Waals surface area contributed by atoms with Crippen LogP contribution in [0.4, 0.5) is 0 Å². The molecule has 0 aromatic rings. The summed E-state index contributed by atoms with van der Waals surface area (Å²) in [4.78, 5) is 0. The number of nitrogens with one attached hydrogen (secondary N) is 1. The average Bonchev–Trinajstić information content (AvgIpc) is 2.87. The summed E-state index contributed by atoms with van der Waals surface area (Å²) in [5.74, 6) is 2.70. The van der Waals surface area contributed by atoms with E-state index in [0.29, 0.717) is 0 Å². The first kappa shape index (κ1) is 10.4. The predicted molar refractivity (Wildman–Crippen MR) is 57.9 cm³/mol. The summed E-state index contributed by atoms with van der Waals surface area (Å²) in [6.45, 7) is 3.50. The summed E-state index contributed by atoms with van der Waals surface area (Å²) in [6.07, 6.45) is 6.93. The van der Waals surface area contributed by atoms with Crippen LogP contribution in [-0.2, 0) is 0 Å². The topological polar surface area (TPSA) is 12.0 Å². The second kappa shape index (κ2) is 6.79. The lowest BCUT2D eigenvalue weighted by molar-refractivity contribution is 0.640. The Balaban J connectivity index is 1.65. The minimum Gasteiger partial charge on any atom is -0.314 e. The summed E-state index contributed by atoms with van der Waals surface area (Å²) in [7, 11) is 0. The van der Waals surface area contributed by atoms with Crippen molar-refractivity contribution in [2.45, 2.75) is 45.1 Å². The Morgan fingerprint density at radius 3 is 2.75 bits per heavy atom. The lowest BCUT2D eigenvalue weighted by atomic mass is 10.3. The molecule has 1 saturated carbocycles. The first-order valence-electron chi connectivity index (χ1n) is 5.24. The summed E-state index contributed by atoms with van der Waals surface area (Å²) >= 11 is 2.10. The maximum Gasteiger partial charge on any atom is 0.00682 e. The highest BCUT2D eigenvalue weighted by Crippen LogP contribution is 2.18. The van der Waals surface area contributed by atoms with Crippen LogP contribution in [0.3, 0.4) is 0 Å². The quantitative estimate of drug-likeness (QED) is 0.586. The fourth-order valence-electron chi connectivity index (χ4n) is 1.17. The van der Waals surface area contributed by atoms with Crippen molar-refractivity contribution in [3.63, 3.8) is 0 Å². The van der Waals surface area contributed by atoms with E-state index in [2.05, 4.69) is 24.0 Å². The summed E-state index contributed by atoms with van der Waals surface area (Å²) in [6, 6.07) is 0.897. The molecule has 1 rings (SSSR count). The zero-order valence-corrected chi connectivity index (χ0v) is 8.96. The van der Waals surface area contributed by atoms with Crippen molar-refractivity contribution in [2.75, 3.05) is 18.1 Å². The first-order chi connectivity index (χ1) is 5.93. The summed E-state index contributed by atoms with van der Waals surface area (Å²) in [5, 5.41) is 3.54. The van der Waals surface area contributed by atoms with E-state index < -0.39 is 0 Å². The Kier molecular flexibility index (Phi) is 5.88. The monoisotopic (exact) mass is 187 g/mol. The van der Waals surface area contributed by atoms with Crippen LogP contribution < -0.4 is 5.32 Å². The minimum absolute atomic E-state index is 0.897. The molecule has 0 saturated heterocycles. The maximum absolute atomic E-state index is 3.54. The number of thioether (sulfide) groups is 1. The fourth-order valence-corrected chi connectivity index (χ4v) is 2.07. The molecule has 72 valence electrons. The summed E-state index contributed by atoms with van der Waals surface area (Å²) < 4.78 is 0. The van der Waals surface area contributed by atoms with E-state index in [9.17, 15) is 0 Å². The Hall–Kier alpha value is 0.310. The average molecular weight is 187 g/mol. The first-order valence-corrected chi connectivity index (χ1v) is 6.40. The molecule has 1 aliphatic carbocycles. The van der Waals surface area contributed by atoms with E-state index >= 15 is 0 Å². The van der Waals surface area contributed by atoms with Crippen LogP contribution in [0.5, 0.6) is 0 Å². The van der Waals surface area contributed by atoms with Crippen LogP contribution in [0.15, 0.2) is 0 Å². The highest BCUT2D eigenvalue weighted by Gasteiger charge is 2.19. The molecule has 1 aliphatic rings. The Morgan fingerprint density at radius 1 is 1.25 bits per heavy atom. The van der Waals surface area contributed by atoms with Gasteiger partial charge in [0.25, 0.3) is 0 Å². The minimum atomic E-state index is 0.897. The van der Waals surface area contributed by atoms with Gasteiger partial charge in [0.1, 0.15) is 0 Å². The van der Waals surface area contributed by atoms with Gasteiger partial charge in [0.15, 0.2) is 0 Å². The van der Waals surface area contributed by atoms with E-state index in [1.807, 2.05) is 0 Å². The maximum atomic E-state index is 3.54. The van der Waals surface area contributed by atoms with Crippen molar-refractivity contribution in [2.24, 2.45) is 0 Å². The van der Waals surface area contributed by atoms with Crippen LogP contribution in [-0.4, -0.2) is 24.1 Å². The van der Waals surface area contributed by atoms with Gasteiger partial charge < -0.3 is 5.32 Å². The van der Waals surface area contributed by atoms with E-state index in [-0.39, 0.29) is 0 Å². The normalized spacial score (nSPS) is 16.8. The van der Waals surface area contributed by atoms with Crippen LogP contribution in [0, 0.1) is 0 Å². The van der Waals surface area contributed by atoms with Crippen LogP contribution in [0.1, 0.15) is 39.0 Å². The van der Waals surface area contributed by atoms with Crippen LogP contribution in [0.25, 0.3) is 0 Å². The van der Waals surface area contributed by atoms with Crippen molar-refractivity contribution in [3.05, 3.63) is 0 Å². The van der Waals surface area contributed by atoms with Gasteiger partial charge in [-0.3, -0.25) is 0 Å². The molecule has 1 fully saturated rings. The molecule has 2 heteroatoms. The fraction of sp³-hybridized carbons (Fsp3) is 1.00. The molecule has 0 aromatic carbocycles. The molecule has 0 aliphatic heterocycles. The molecule has 0 atom stereocenters. The molecule has 0 unspecified atom stereocenters. The molecule has 0 aromatic heterocycles. The van der Waals surface area contributed by atoms with Crippen LogP contribution >= 0.6 is 11.8 Å². The van der Waals surface area contributed by atoms with Crippen molar-refractivity contribution < 1.29 is 0 Å². The Labute approximate surface area is 80.7 Å². The van der Waals surface area contributed by atoms with Crippen molar-refractivity contribution >= 4 is 11.8 Å². The van der Waals surface area contributed by atoms with E-state index in [1.165, 1.54) is 50.2 Å². The SMILES string of the molecule is CCCSCCCCNC1CC1. The van der Waals surface area contributed by atoms with Gasteiger partial charge in [-0.05, 0) is 50.2 Å². The second-order valence-corrected chi connectivity index (χ2v) is 4.77. The number of hydrogen-bond donors (Lipinski definition) is 1. The van der Waals surface area contributed by atoms with Gasteiger partial charge >= 0.3 is 0 Å². The van der Waals surface area contributed by atoms with E-state index in [4.69, 9.17) is 0 Å². The third kappa shape index (κ3) is 5.90. The second-order valence-electron chi connectivity index (χ2n) is 3.55. The van der Waals surface area contributed by atoms with Crippen molar-refractivity contribution in [1.82, 2.24) is 5.32 Å². The Bertz CT molecular complexity index is 102. The van der Waals surface area contributed by atoms with Gasteiger partial charge in [0.2, 0.25) is 0 Å². The van der Waals surface area contributed by atoms with Crippen molar-refractivity contribution in [1.29, 1.82) is 0 Å². The van der Waals surface area contributed by atoms with E-state index in [0.717, 1.165) is 6.04 Å². The predicted octanol–water partition coefficient (Wildman–Crippen LogP) is 2.66. The van der Waals surface area contributed by atoms with Gasteiger partial charge in [0, 0.05) is 6.04 Å². The molecule has 0 heterocycles. The van der Waals surface area contributed by atoms with Crippen LogP contribution in [0.2, 0.25) is 0 Å².